The van der Waals surface area contributed by atoms with Gasteiger partial charge in [-0.3, -0.25) is 0 Å². The number of nitrogens with one attached hydrogen (secondary N) is 1. The molecule has 1 heterocycles. The summed E-state index contributed by atoms with van der Waals surface area (Å²) in [6.45, 7) is 6.96. The highest BCUT2D eigenvalue weighted by Gasteiger charge is 2.01. The molecule has 2 nitrogen and oxygen atoms in total. The van der Waals surface area contributed by atoms with Gasteiger partial charge < -0.3 is 10.2 Å². The second kappa shape index (κ2) is 8.93. The molecule has 15 heavy (non-hydrogen) atoms. The van der Waals surface area contributed by atoms with Crippen LogP contribution in [0.1, 0.15) is 40.0 Å². The minimum absolute atomic E-state index is 0. The first-order chi connectivity index (χ1) is 6.79. The van der Waals surface area contributed by atoms with Gasteiger partial charge in [-0.15, -0.1) is 0 Å². The number of hydrogen-bond donors (Lipinski definition) is 1. The van der Waals surface area contributed by atoms with Crippen LogP contribution in [0.15, 0.2) is 11.6 Å². The minimum Gasteiger partial charge on any atom is -0.314 e. The van der Waals surface area contributed by atoms with Crippen molar-refractivity contribution in [2.75, 3.05) is 33.2 Å². The summed E-state index contributed by atoms with van der Waals surface area (Å²) in [7, 11) is 2.15. The molecule has 0 aromatic heterocycles. The summed E-state index contributed by atoms with van der Waals surface area (Å²) in [4.78, 5) is 2.33. The van der Waals surface area contributed by atoms with Gasteiger partial charge in [0.1, 0.15) is 0 Å². The van der Waals surface area contributed by atoms with E-state index in [1.165, 1.54) is 38.8 Å². The van der Waals surface area contributed by atoms with Crippen molar-refractivity contribution >= 4 is 0 Å². The van der Waals surface area contributed by atoms with E-state index in [4.69, 9.17) is 0 Å². The molecular formula is C13H28N2. The van der Waals surface area contributed by atoms with Crippen molar-refractivity contribution in [1.82, 2.24) is 10.2 Å². The van der Waals surface area contributed by atoms with Crippen LogP contribution in [-0.2, 0) is 0 Å². The number of piperazine rings is 1. The Morgan fingerprint density at radius 3 is 2.13 bits per heavy atom. The van der Waals surface area contributed by atoms with Crippen LogP contribution in [0.25, 0.3) is 0 Å². The van der Waals surface area contributed by atoms with E-state index in [9.17, 15) is 0 Å². The monoisotopic (exact) mass is 212 g/mol. The zero-order valence-electron chi connectivity index (χ0n) is 9.68. The quantitative estimate of drug-likeness (QED) is 0.621. The van der Waals surface area contributed by atoms with Crippen molar-refractivity contribution in [3.8, 4) is 0 Å². The number of rotatable bonds is 0. The second-order valence-corrected chi connectivity index (χ2v) is 4.35. The lowest BCUT2D eigenvalue weighted by Crippen LogP contribution is -2.40. The zero-order chi connectivity index (χ0) is 10.2. The fraction of sp³-hybridized carbons (Fsp3) is 0.846. The lowest BCUT2D eigenvalue weighted by atomic mass is 10.0. The normalized spacial score (nSPS) is 21.9. The third kappa shape index (κ3) is 7.57. The summed E-state index contributed by atoms with van der Waals surface area (Å²) in [6.07, 6.45) is 7.86. The Hall–Kier alpha value is -0.340. The topological polar surface area (TPSA) is 15.3 Å². The Kier molecular flexibility index (Phi) is 8.73. The molecule has 1 aliphatic carbocycles. The lowest BCUT2D eigenvalue weighted by Gasteiger charge is -2.21. The van der Waals surface area contributed by atoms with Crippen LogP contribution >= 0.6 is 0 Å². The number of allylic oxidation sites excluding steroid dienone is 2. The fourth-order valence-corrected chi connectivity index (χ4v) is 1.78. The van der Waals surface area contributed by atoms with Crippen LogP contribution in [-0.4, -0.2) is 38.1 Å². The van der Waals surface area contributed by atoms with E-state index in [2.05, 4.69) is 30.3 Å². The fourth-order valence-electron chi connectivity index (χ4n) is 1.78. The van der Waals surface area contributed by atoms with Crippen molar-refractivity contribution in [1.29, 1.82) is 0 Å². The average molecular weight is 212 g/mol. The van der Waals surface area contributed by atoms with Gasteiger partial charge in [-0.2, -0.15) is 0 Å². The largest absolute Gasteiger partial charge is 0.314 e. The Balaban J connectivity index is 0.000000245. The summed E-state index contributed by atoms with van der Waals surface area (Å²) >= 11 is 0. The molecular weight excluding hydrogens is 184 g/mol. The molecule has 0 radical (unpaired) electrons. The molecule has 0 spiro atoms. The van der Waals surface area contributed by atoms with E-state index in [1.807, 2.05) is 0 Å². The highest BCUT2D eigenvalue weighted by atomic mass is 15.2. The molecule has 1 fully saturated rings. The Morgan fingerprint density at radius 2 is 1.87 bits per heavy atom. The van der Waals surface area contributed by atoms with Crippen molar-refractivity contribution in [3.05, 3.63) is 11.6 Å². The van der Waals surface area contributed by atoms with Crippen LogP contribution in [0, 0.1) is 0 Å². The van der Waals surface area contributed by atoms with E-state index in [0.717, 1.165) is 13.1 Å². The van der Waals surface area contributed by atoms with Crippen molar-refractivity contribution < 1.29 is 0 Å². The first kappa shape index (κ1) is 14.7. The molecule has 1 aliphatic heterocycles. The smallest absolute Gasteiger partial charge is 0.0104 e. The van der Waals surface area contributed by atoms with E-state index >= 15 is 0 Å². The molecule has 1 N–H and O–H groups in total. The van der Waals surface area contributed by atoms with E-state index in [-0.39, 0.29) is 7.43 Å². The van der Waals surface area contributed by atoms with Crippen LogP contribution in [0.3, 0.4) is 0 Å². The SMILES string of the molecule is C.CC1=CCCCC1.CN1CCNCC1. The van der Waals surface area contributed by atoms with Crippen molar-refractivity contribution in [2.24, 2.45) is 0 Å². The van der Waals surface area contributed by atoms with E-state index in [1.54, 1.807) is 5.57 Å². The third-order valence-corrected chi connectivity index (χ3v) is 2.86. The van der Waals surface area contributed by atoms with Crippen LogP contribution in [0.2, 0.25) is 0 Å². The summed E-state index contributed by atoms with van der Waals surface area (Å²) in [5, 5.41) is 3.27. The number of likely N-dealkylation sites (N-methyl/N-ethyl adjacent to an activating group) is 1. The first-order valence-electron chi connectivity index (χ1n) is 5.84. The van der Waals surface area contributed by atoms with Gasteiger partial charge in [0.15, 0.2) is 0 Å². The standard InChI is InChI=1S/C7H12.C5H12N2.CH4/c1-7-5-3-2-4-6-7;1-7-4-2-6-3-5-7;/h5H,2-4,6H2,1H3;6H,2-5H2,1H3;1H4. The van der Waals surface area contributed by atoms with Crippen LogP contribution < -0.4 is 5.32 Å². The molecule has 90 valence electrons. The molecule has 0 aromatic carbocycles. The Labute approximate surface area is 95.7 Å². The highest BCUT2D eigenvalue weighted by Crippen LogP contribution is 2.15. The van der Waals surface area contributed by atoms with Gasteiger partial charge in [-0.25, -0.2) is 0 Å². The number of nitrogens with zero attached hydrogens (tertiary/aromatic N) is 1. The molecule has 0 aromatic rings. The second-order valence-electron chi connectivity index (χ2n) is 4.35. The molecule has 2 aliphatic rings. The summed E-state index contributed by atoms with van der Waals surface area (Å²) in [5.74, 6) is 0. The van der Waals surface area contributed by atoms with Gasteiger partial charge in [-0.1, -0.05) is 19.1 Å². The molecule has 0 bridgehead atoms. The van der Waals surface area contributed by atoms with E-state index < -0.39 is 0 Å². The molecule has 2 heteroatoms. The van der Waals surface area contributed by atoms with Gasteiger partial charge in [-0.05, 0) is 39.7 Å². The van der Waals surface area contributed by atoms with Crippen molar-refractivity contribution in [3.63, 3.8) is 0 Å². The van der Waals surface area contributed by atoms with E-state index in [0.29, 0.717) is 0 Å². The van der Waals surface area contributed by atoms with Crippen LogP contribution in [0.5, 0.6) is 0 Å². The molecule has 1 saturated heterocycles. The number of hydrogen-bond acceptors (Lipinski definition) is 2. The molecule has 0 unspecified atom stereocenters. The van der Waals surface area contributed by atoms with Gasteiger partial charge in [0, 0.05) is 26.2 Å². The maximum Gasteiger partial charge on any atom is 0.0104 e. The van der Waals surface area contributed by atoms with Crippen molar-refractivity contribution in [2.45, 2.75) is 40.0 Å². The molecule has 0 saturated carbocycles. The lowest BCUT2D eigenvalue weighted by molar-refractivity contribution is 0.291. The summed E-state index contributed by atoms with van der Waals surface area (Å²) < 4.78 is 0. The zero-order valence-corrected chi connectivity index (χ0v) is 9.68. The minimum atomic E-state index is 0. The Morgan fingerprint density at radius 1 is 1.20 bits per heavy atom. The average Bonchev–Trinajstić information content (AvgIpc) is 2.21. The summed E-state index contributed by atoms with van der Waals surface area (Å²) in [5.41, 5.74) is 1.59. The van der Waals surface area contributed by atoms with Gasteiger partial charge in [0.25, 0.3) is 0 Å². The Bertz CT molecular complexity index is 169. The first-order valence-corrected chi connectivity index (χ1v) is 5.84. The molecule has 0 atom stereocenters. The third-order valence-electron chi connectivity index (χ3n) is 2.86. The predicted molar refractivity (Wildman–Crippen MR) is 69.3 cm³/mol. The van der Waals surface area contributed by atoms with Gasteiger partial charge in [0.2, 0.25) is 0 Å². The van der Waals surface area contributed by atoms with Crippen LogP contribution in [0.4, 0.5) is 0 Å². The predicted octanol–water partition coefficient (Wildman–Crippen LogP) is 2.66. The molecule has 0 amide bonds. The highest BCUT2D eigenvalue weighted by molar-refractivity contribution is 5.00. The maximum atomic E-state index is 3.27. The van der Waals surface area contributed by atoms with Gasteiger partial charge >= 0.3 is 0 Å². The summed E-state index contributed by atoms with van der Waals surface area (Å²) in [6, 6.07) is 0. The van der Waals surface area contributed by atoms with Gasteiger partial charge in [0.05, 0.1) is 0 Å². The maximum absolute atomic E-state index is 3.27. The molecule has 2 rings (SSSR count).